The van der Waals surface area contributed by atoms with E-state index in [1.807, 2.05) is 50.2 Å². The second-order valence-electron chi connectivity index (χ2n) is 9.02. The van der Waals surface area contributed by atoms with Crippen LogP contribution in [0.3, 0.4) is 0 Å². The Bertz CT molecular complexity index is 992. The lowest BCUT2D eigenvalue weighted by Gasteiger charge is -2.37. The van der Waals surface area contributed by atoms with Crippen LogP contribution in [-0.2, 0) is 9.59 Å². The van der Waals surface area contributed by atoms with Crippen molar-refractivity contribution in [1.29, 1.82) is 0 Å². The summed E-state index contributed by atoms with van der Waals surface area (Å²) < 4.78 is 0. The molecule has 29 heavy (non-hydrogen) atoms. The number of pyridine rings is 1. The van der Waals surface area contributed by atoms with E-state index in [2.05, 4.69) is 24.1 Å². The molecule has 5 nitrogen and oxygen atoms in total. The number of allylic oxidation sites excluding steroid dienone is 1. The molecule has 1 aromatic heterocycles. The molecule has 1 atom stereocenters. The van der Waals surface area contributed by atoms with Crippen molar-refractivity contribution in [1.82, 2.24) is 4.98 Å². The molecular formula is C24H27N3O2. The maximum Gasteiger partial charge on any atom is 0.230 e. The van der Waals surface area contributed by atoms with Gasteiger partial charge in [0.2, 0.25) is 5.91 Å². The molecule has 0 spiro atoms. The number of anilines is 2. The van der Waals surface area contributed by atoms with E-state index in [0.717, 1.165) is 29.1 Å². The molecule has 4 rings (SSSR count). The Morgan fingerprint density at radius 2 is 1.83 bits per heavy atom. The Labute approximate surface area is 171 Å². The number of ketones is 1. The number of nitrogens with one attached hydrogen (secondary N) is 1. The predicted octanol–water partition coefficient (Wildman–Crippen LogP) is 4.88. The third-order valence-corrected chi connectivity index (χ3v) is 5.65. The number of nitrogens with zero attached hydrogens (tertiary/aromatic N) is 2. The van der Waals surface area contributed by atoms with E-state index in [0.29, 0.717) is 12.0 Å². The van der Waals surface area contributed by atoms with Gasteiger partial charge in [-0.1, -0.05) is 39.8 Å². The summed E-state index contributed by atoms with van der Waals surface area (Å²) >= 11 is 0. The van der Waals surface area contributed by atoms with Crippen LogP contribution < -0.4 is 10.2 Å². The molecule has 1 aliphatic heterocycles. The average Bonchev–Trinajstić information content (AvgIpc) is 2.81. The minimum atomic E-state index is -0.470. The Morgan fingerprint density at radius 3 is 2.52 bits per heavy atom. The molecule has 150 valence electrons. The fraction of sp³-hybridized carbons (Fsp3) is 0.375. The van der Waals surface area contributed by atoms with Crippen LogP contribution in [0.5, 0.6) is 0 Å². The molecule has 2 aliphatic rings. The molecule has 0 fully saturated rings. The zero-order valence-electron chi connectivity index (χ0n) is 17.4. The van der Waals surface area contributed by atoms with Crippen LogP contribution in [0.15, 0.2) is 60.1 Å². The first kappa shape index (κ1) is 19.4. The van der Waals surface area contributed by atoms with Gasteiger partial charge in [-0.25, -0.2) is 0 Å². The second-order valence-corrected chi connectivity index (χ2v) is 9.02. The van der Waals surface area contributed by atoms with E-state index in [1.54, 1.807) is 17.3 Å². The average molecular weight is 389 g/mol. The highest BCUT2D eigenvalue weighted by Crippen LogP contribution is 2.48. The summed E-state index contributed by atoms with van der Waals surface area (Å²) in [5, 5.41) is 3.52. The van der Waals surface area contributed by atoms with Gasteiger partial charge < -0.3 is 5.32 Å². The third-order valence-electron chi connectivity index (χ3n) is 5.65. The monoisotopic (exact) mass is 389 g/mol. The Kier molecular flexibility index (Phi) is 4.77. The Balaban J connectivity index is 2.02. The first-order chi connectivity index (χ1) is 13.8. The topological polar surface area (TPSA) is 62.3 Å². The van der Waals surface area contributed by atoms with Gasteiger partial charge in [0.15, 0.2) is 5.78 Å². The van der Waals surface area contributed by atoms with Crippen molar-refractivity contribution in [3.8, 4) is 0 Å². The molecule has 1 aromatic carbocycles. The molecule has 0 saturated carbocycles. The molecule has 1 aliphatic carbocycles. The quantitative estimate of drug-likeness (QED) is 0.795. The number of Topliss-reactive ketones (excluding diaryl/α,β-unsaturated/α-hetero) is 1. The predicted molar refractivity (Wildman–Crippen MR) is 114 cm³/mol. The van der Waals surface area contributed by atoms with Gasteiger partial charge in [0.05, 0.1) is 17.4 Å². The summed E-state index contributed by atoms with van der Waals surface area (Å²) in [4.78, 5) is 32.8. The number of rotatable bonds is 2. The molecule has 0 saturated heterocycles. The third kappa shape index (κ3) is 3.46. The fourth-order valence-electron chi connectivity index (χ4n) is 4.37. The minimum absolute atomic E-state index is 0.00699. The van der Waals surface area contributed by atoms with Crippen LogP contribution in [0.1, 0.15) is 52.1 Å². The largest absolute Gasteiger partial charge is 0.357 e. The summed E-state index contributed by atoms with van der Waals surface area (Å²) in [5.74, 6) is -0.114. The first-order valence-corrected chi connectivity index (χ1v) is 10.1. The van der Waals surface area contributed by atoms with E-state index in [1.165, 1.54) is 0 Å². The number of para-hydroxylation sites is 2. The number of fused-ring (bicyclic) bond motifs is 1. The van der Waals surface area contributed by atoms with E-state index in [4.69, 9.17) is 0 Å². The second kappa shape index (κ2) is 7.14. The molecule has 0 radical (unpaired) electrons. The number of carbonyl (C=O) groups is 2. The van der Waals surface area contributed by atoms with Crippen LogP contribution in [0.25, 0.3) is 0 Å². The van der Waals surface area contributed by atoms with Crippen LogP contribution in [0.2, 0.25) is 0 Å². The zero-order chi connectivity index (χ0) is 20.8. The summed E-state index contributed by atoms with van der Waals surface area (Å²) in [6.45, 7) is 8.03. The SMILES string of the molecule is CC(C)C(=O)N1c2ccccc2NC2=C(C(=O)CC(C)(C)C2)[C@H]1c1ccncc1. The number of hydrogen-bond acceptors (Lipinski definition) is 4. The van der Waals surface area contributed by atoms with E-state index < -0.39 is 6.04 Å². The summed E-state index contributed by atoms with van der Waals surface area (Å²) in [7, 11) is 0. The summed E-state index contributed by atoms with van der Waals surface area (Å²) in [6.07, 6.45) is 4.66. The number of carbonyl (C=O) groups excluding carboxylic acids is 2. The lowest BCUT2D eigenvalue weighted by molar-refractivity contribution is -0.122. The van der Waals surface area contributed by atoms with Crippen molar-refractivity contribution in [2.24, 2.45) is 11.3 Å². The van der Waals surface area contributed by atoms with Crippen molar-refractivity contribution >= 4 is 23.1 Å². The van der Waals surface area contributed by atoms with Crippen molar-refractivity contribution in [3.05, 3.63) is 65.6 Å². The van der Waals surface area contributed by atoms with Crippen molar-refractivity contribution in [2.75, 3.05) is 10.2 Å². The van der Waals surface area contributed by atoms with E-state index in [9.17, 15) is 9.59 Å². The molecule has 1 amide bonds. The maximum atomic E-state index is 13.5. The first-order valence-electron chi connectivity index (χ1n) is 10.1. The van der Waals surface area contributed by atoms with Crippen LogP contribution in [0.4, 0.5) is 11.4 Å². The van der Waals surface area contributed by atoms with Crippen molar-refractivity contribution in [3.63, 3.8) is 0 Å². The van der Waals surface area contributed by atoms with Crippen molar-refractivity contribution in [2.45, 2.75) is 46.6 Å². The minimum Gasteiger partial charge on any atom is -0.357 e. The van der Waals surface area contributed by atoms with Crippen LogP contribution in [0, 0.1) is 11.3 Å². The van der Waals surface area contributed by atoms with E-state index in [-0.39, 0.29) is 23.0 Å². The van der Waals surface area contributed by atoms with Crippen LogP contribution >= 0.6 is 0 Å². The van der Waals surface area contributed by atoms with Gasteiger partial charge in [0.1, 0.15) is 0 Å². The van der Waals surface area contributed by atoms with Gasteiger partial charge in [0.25, 0.3) is 0 Å². The highest BCUT2D eigenvalue weighted by atomic mass is 16.2. The smallest absolute Gasteiger partial charge is 0.230 e. The van der Waals surface area contributed by atoms with Gasteiger partial charge in [-0.3, -0.25) is 19.5 Å². The van der Waals surface area contributed by atoms with Gasteiger partial charge in [0, 0.05) is 36.0 Å². The molecule has 1 N–H and O–H groups in total. The number of hydrogen-bond donors (Lipinski definition) is 1. The molecule has 0 unspecified atom stereocenters. The van der Waals surface area contributed by atoms with E-state index >= 15 is 0 Å². The molecule has 2 aromatic rings. The van der Waals surface area contributed by atoms with Gasteiger partial charge in [-0.15, -0.1) is 0 Å². The molecular weight excluding hydrogens is 362 g/mol. The normalized spacial score (nSPS) is 20.7. The lowest BCUT2D eigenvalue weighted by atomic mass is 9.73. The van der Waals surface area contributed by atoms with Crippen LogP contribution in [-0.4, -0.2) is 16.7 Å². The molecule has 0 bridgehead atoms. The maximum absolute atomic E-state index is 13.5. The number of aromatic nitrogens is 1. The Hall–Kier alpha value is -2.95. The fourth-order valence-corrected chi connectivity index (χ4v) is 4.37. The Morgan fingerprint density at radius 1 is 1.14 bits per heavy atom. The summed E-state index contributed by atoms with van der Waals surface area (Å²) in [5.41, 5.74) is 4.04. The zero-order valence-corrected chi connectivity index (χ0v) is 17.4. The number of benzene rings is 1. The standard InChI is InChI=1S/C24H27N3O2/c1-15(2)23(29)27-19-8-6-5-7-17(19)26-18-13-24(3,4)14-20(28)21(18)22(27)16-9-11-25-12-10-16/h5-12,15,22,26H,13-14H2,1-4H3/t22-/m1/s1. The molecule has 2 heterocycles. The highest BCUT2D eigenvalue weighted by molar-refractivity contribution is 6.06. The lowest BCUT2D eigenvalue weighted by Crippen LogP contribution is -2.41. The highest BCUT2D eigenvalue weighted by Gasteiger charge is 2.43. The van der Waals surface area contributed by atoms with Gasteiger partial charge >= 0.3 is 0 Å². The molecule has 5 heteroatoms. The van der Waals surface area contributed by atoms with Gasteiger partial charge in [-0.2, -0.15) is 0 Å². The number of amides is 1. The van der Waals surface area contributed by atoms with Gasteiger partial charge in [-0.05, 0) is 41.7 Å². The van der Waals surface area contributed by atoms with Crippen molar-refractivity contribution < 1.29 is 9.59 Å². The summed E-state index contributed by atoms with van der Waals surface area (Å²) in [6, 6.07) is 11.1.